The zero-order chi connectivity index (χ0) is 21.8. The number of piperidine rings is 1. The van der Waals surface area contributed by atoms with Gasteiger partial charge in [0.2, 0.25) is 5.91 Å². The molecule has 7 heteroatoms. The first kappa shape index (κ1) is 21.8. The van der Waals surface area contributed by atoms with Gasteiger partial charge in [0.25, 0.3) is 5.91 Å². The standard InChI is InChI=1S/C24H27ClFN3O2/c25-20-9-5-10-21(26)19(20)16-28-12-6-7-17(15-28)23(30)27-22-11-2-1-8-18(22)24(31)29-13-3-4-14-29/h1-2,5,8-11,17H,3-4,6-7,12-16H2,(H,27,30). The van der Waals surface area contributed by atoms with E-state index in [1.807, 2.05) is 17.0 Å². The number of halogens is 2. The molecule has 2 aliphatic rings. The topological polar surface area (TPSA) is 52.7 Å². The number of hydrogen-bond donors (Lipinski definition) is 1. The van der Waals surface area contributed by atoms with E-state index in [0.717, 1.165) is 45.3 Å². The molecule has 31 heavy (non-hydrogen) atoms. The molecule has 2 saturated heterocycles. The van der Waals surface area contributed by atoms with Crippen LogP contribution in [0.1, 0.15) is 41.6 Å². The Labute approximate surface area is 187 Å². The second-order valence-electron chi connectivity index (χ2n) is 8.31. The first-order valence-corrected chi connectivity index (χ1v) is 11.2. The predicted molar refractivity (Wildman–Crippen MR) is 120 cm³/mol. The Bertz CT molecular complexity index is 941. The van der Waals surface area contributed by atoms with Crippen LogP contribution in [0, 0.1) is 11.7 Å². The van der Waals surface area contributed by atoms with Crippen LogP contribution in [0.5, 0.6) is 0 Å². The van der Waals surface area contributed by atoms with E-state index in [9.17, 15) is 14.0 Å². The van der Waals surface area contributed by atoms with E-state index in [-0.39, 0.29) is 23.5 Å². The van der Waals surface area contributed by atoms with Gasteiger partial charge in [0.05, 0.1) is 17.2 Å². The van der Waals surface area contributed by atoms with E-state index >= 15 is 0 Å². The minimum Gasteiger partial charge on any atom is -0.339 e. The molecule has 1 N–H and O–H groups in total. The van der Waals surface area contributed by atoms with E-state index in [2.05, 4.69) is 10.2 Å². The van der Waals surface area contributed by atoms with Gasteiger partial charge in [0.1, 0.15) is 5.82 Å². The lowest BCUT2D eigenvalue weighted by Crippen LogP contribution is -2.40. The van der Waals surface area contributed by atoms with Crippen molar-refractivity contribution in [3.8, 4) is 0 Å². The molecular formula is C24H27ClFN3O2. The predicted octanol–water partition coefficient (Wildman–Crippen LogP) is 4.57. The third kappa shape index (κ3) is 5.08. The highest BCUT2D eigenvalue weighted by Gasteiger charge is 2.28. The molecule has 2 aliphatic heterocycles. The molecule has 1 atom stereocenters. The Balaban J connectivity index is 1.43. The first-order valence-electron chi connectivity index (χ1n) is 10.9. The number of nitrogens with one attached hydrogen (secondary N) is 1. The number of rotatable bonds is 5. The highest BCUT2D eigenvalue weighted by atomic mass is 35.5. The number of hydrogen-bond acceptors (Lipinski definition) is 3. The fourth-order valence-electron chi connectivity index (χ4n) is 4.42. The molecule has 0 bridgehead atoms. The molecule has 1 unspecified atom stereocenters. The van der Waals surface area contributed by atoms with Gasteiger partial charge < -0.3 is 10.2 Å². The van der Waals surface area contributed by atoms with Crippen molar-refractivity contribution in [2.45, 2.75) is 32.2 Å². The van der Waals surface area contributed by atoms with Gasteiger partial charge in [-0.05, 0) is 56.5 Å². The highest BCUT2D eigenvalue weighted by Crippen LogP contribution is 2.26. The molecule has 2 fully saturated rings. The van der Waals surface area contributed by atoms with Gasteiger partial charge in [-0.15, -0.1) is 0 Å². The second-order valence-corrected chi connectivity index (χ2v) is 8.72. The van der Waals surface area contributed by atoms with Crippen LogP contribution in [0.4, 0.5) is 10.1 Å². The number of nitrogens with zero attached hydrogens (tertiary/aromatic N) is 2. The van der Waals surface area contributed by atoms with Crippen molar-refractivity contribution in [3.63, 3.8) is 0 Å². The van der Waals surface area contributed by atoms with Gasteiger partial charge in [0.15, 0.2) is 0 Å². The minimum atomic E-state index is -0.326. The second kappa shape index (κ2) is 9.79. The number of benzene rings is 2. The summed E-state index contributed by atoms with van der Waals surface area (Å²) in [6, 6.07) is 11.9. The summed E-state index contributed by atoms with van der Waals surface area (Å²) in [6.07, 6.45) is 3.64. The maximum atomic E-state index is 14.2. The lowest BCUT2D eigenvalue weighted by atomic mass is 9.96. The van der Waals surface area contributed by atoms with E-state index in [1.165, 1.54) is 6.07 Å². The number of carbonyl (C=O) groups excluding carboxylic acids is 2. The minimum absolute atomic E-state index is 0.0344. The lowest BCUT2D eigenvalue weighted by Gasteiger charge is -2.32. The molecule has 0 spiro atoms. The maximum absolute atomic E-state index is 14.2. The zero-order valence-electron chi connectivity index (χ0n) is 17.4. The molecule has 5 nitrogen and oxygen atoms in total. The van der Waals surface area contributed by atoms with Gasteiger partial charge >= 0.3 is 0 Å². The molecule has 2 aromatic rings. The average Bonchev–Trinajstić information content (AvgIpc) is 3.31. The number of para-hydroxylation sites is 1. The van der Waals surface area contributed by atoms with E-state index in [1.54, 1.807) is 24.3 Å². The monoisotopic (exact) mass is 443 g/mol. The SMILES string of the molecule is O=C(Nc1ccccc1C(=O)N1CCCC1)C1CCCN(Cc2c(F)cccc2Cl)C1. The molecule has 0 aliphatic carbocycles. The third-order valence-electron chi connectivity index (χ3n) is 6.13. The fraction of sp³-hybridized carbons (Fsp3) is 0.417. The summed E-state index contributed by atoms with van der Waals surface area (Å²) in [4.78, 5) is 29.8. The maximum Gasteiger partial charge on any atom is 0.255 e. The van der Waals surface area contributed by atoms with Crippen LogP contribution in [-0.2, 0) is 11.3 Å². The number of amides is 2. The Morgan fingerprint density at radius 3 is 2.58 bits per heavy atom. The first-order chi connectivity index (χ1) is 15.0. The molecule has 2 aromatic carbocycles. The molecule has 0 aromatic heterocycles. The highest BCUT2D eigenvalue weighted by molar-refractivity contribution is 6.31. The Morgan fingerprint density at radius 2 is 1.81 bits per heavy atom. The summed E-state index contributed by atoms with van der Waals surface area (Å²) in [5.74, 6) is -0.693. The summed E-state index contributed by atoms with van der Waals surface area (Å²) < 4.78 is 14.2. The summed E-state index contributed by atoms with van der Waals surface area (Å²) in [5.41, 5.74) is 1.55. The summed E-state index contributed by atoms with van der Waals surface area (Å²) >= 11 is 6.17. The average molecular weight is 444 g/mol. The van der Waals surface area contributed by atoms with Crippen molar-refractivity contribution in [2.75, 3.05) is 31.5 Å². The Hall–Kier alpha value is -2.44. The fourth-order valence-corrected chi connectivity index (χ4v) is 4.65. The normalized spacial score (nSPS) is 19.4. The van der Waals surface area contributed by atoms with Crippen molar-refractivity contribution in [3.05, 3.63) is 64.4 Å². The van der Waals surface area contributed by atoms with Gasteiger partial charge in [-0.25, -0.2) is 4.39 Å². The summed E-state index contributed by atoms with van der Waals surface area (Å²) in [7, 11) is 0. The van der Waals surface area contributed by atoms with Crippen LogP contribution in [-0.4, -0.2) is 47.8 Å². The van der Waals surface area contributed by atoms with Crippen LogP contribution in [0.25, 0.3) is 0 Å². The van der Waals surface area contributed by atoms with Crippen molar-refractivity contribution >= 4 is 29.1 Å². The van der Waals surface area contributed by atoms with Crippen molar-refractivity contribution in [1.29, 1.82) is 0 Å². The van der Waals surface area contributed by atoms with Crippen LogP contribution in [0.3, 0.4) is 0 Å². The van der Waals surface area contributed by atoms with E-state index in [4.69, 9.17) is 11.6 Å². The van der Waals surface area contributed by atoms with Gasteiger partial charge in [-0.3, -0.25) is 14.5 Å². The summed E-state index contributed by atoms with van der Waals surface area (Å²) in [5, 5.41) is 3.38. The van der Waals surface area contributed by atoms with E-state index in [0.29, 0.717) is 34.9 Å². The number of anilines is 1. The van der Waals surface area contributed by atoms with Crippen LogP contribution < -0.4 is 5.32 Å². The van der Waals surface area contributed by atoms with Gasteiger partial charge in [0, 0.05) is 36.8 Å². The van der Waals surface area contributed by atoms with Crippen LogP contribution in [0.15, 0.2) is 42.5 Å². The molecule has 0 radical (unpaired) electrons. The summed E-state index contributed by atoms with van der Waals surface area (Å²) in [6.45, 7) is 3.21. The molecule has 164 valence electrons. The quantitative estimate of drug-likeness (QED) is 0.736. The molecular weight excluding hydrogens is 417 g/mol. The zero-order valence-corrected chi connectivity index (χ0v) is 18.2. The van der Waals surface area contributed by atoms with Crippen molar-refractivity contribution in [1.82, 2.24) is 9.80 Å². The van der Waals surface area contributed by atoms with Crippen molar-refractivity contribution in [2.24, 2.45) is 5.92 Å². The van der Waals surface area contributed by atoms with Crippen LogP contribution >= 0.6 is 11.6 Å². The molecule has 4 rings (SSSR count). The van der Waals surface area contributed by atoms with Gasteiger partial charge in [-0.1, -0.05) is 29.8 Å². The Morgan fingerprint density at radius 1 is 1.03 bits per heavy atom. The Kier molecular flexibility index (Phi) is 6.88. The number of carbonyl (C=O) groups is 2. The number of likely N-dealkylation sites (tertiary alicyclic amines) is 2. The lowest BCUT2D eigenvalue weighted by molar-refractivity contribution is -0.121. The van der Waals surface area contributed by atoms with E-state index < -0.39 is 0 Å². The largest absolute Gasteiger partial charge is 0.339 e. The van der Waals surface area contributed by atoms with Crippen LogP contribution in [0.2, 0.25) is 5.02 Å². The molecule has 2 heterocycles. The van der Waals surface area contributed by atoms with Gasteiger partial charge in [-0.2, -0.15) is 0 Å². The molecule has 2 amide bonds. The third-order valence-corrected chi connectivity index (χ3v) is 6.48. The smallest absolute Gasteiger partial charge is 0.255 e. The van der Waals surface area contributed by atoms with Crippen molar-refractivity contribution < 1.29 is 14.0 Å². The molecule has 0 saturated carbocycles.